The fourth-order valence-electron chi connectivity index (χ4n) is 4.48. The number of benzene rings is 1. The summed E-state index contributed by atoms with van der Waals surface area (Å²) in [4.78, 5) is 12.8. The molecule has 2 N–H and O–H groups in total. The first-order valence-electron chi connectivity index (χ1n) is 9.37. The highest BCUT2D eigenvalue weighted by Gasteiger charge is 2.34. The summed E-state index contributed by atoms with van der Waals surface area (Å²) in [6.45, 7) is 4.94. The van der Waals surface area contributed by atoms with E-state index in [0.717, 1.165) is 36.3 Å². The Labute approximate surface area is 161 Å². The van der Waals surface area contributed by atoms with Crippen LogP contribution in [0.3, 0.4) is 0 Å². The molecule has 2 aromatic rings. The molecule has 3 heterocycles. The van der Waals surface area contributed by atoms with E-state index < -0.39 is 0 Å². The molecule has 1 aromatic carbocycles. The van der Waals surface area contributed by atoms with Crippen molar-refractivity contribution in [2.24, 2.45) is 0 Å². The average molecular weight is 374 g/mol. The molecule has 2 atom stereocenters. The van der Waals surface area contributed by atoms with Crippen LogP contribution in [-0.2, 0) is 6.54 Å². The van der Waals surface area contributed by atoms with Crippen LogP contribution in [0.2, 0.25) is 0 Å². The number of hydrogen-bond donors (Lipinski definition) is 2. The molecule has 2 fully saturated rings. The van der Waals surface area contributed by atoms with Crippen molar-refractivity contribution in [3.05, 3.63) is 58.9 Å². The van der Waals surface area contributed by atoms with Gasteiger partial charge in [-0.1, -0.05) is 30.3 Å². The van der Waals surface area contributed by atoms with Crippen molar-refractivity contribution in [3.63, 3.8) is 0 Å². The van der Waals surface area contributed by atoms with Gasteiger partial charge in [-0.15, -0.1) is 12.4 Å². The van der Waals surface area contributed by atoms with Gasteiger partial charge in [0.15, 0.2) is 0 Å². The maximum Gasteiger partial charge on any atom is 0.253 e. The second-order valence-corrected chi connectivity index (χ2v) is 7.64. The molecule has 4 rings (SSSR count). The van der Waals surface area contributed by atoms with E-state index in [9.17, 15) is 4.79 Å². The lowest BCUT2D eigenvalue weighted by Crippen LogP contribution is -2.48. The number of nitrogens with zero attached hydrogens (tertiary/aromatic N) is 1. The molecule has 2 bridgehead atoms. The van der Waals surface area contributed by atoms with Gasteiger partial charge < -0.3 is 15.2 Å². The van der Waals surface area contributed by atoms with Gasteiger partial charge in [0.05, 0.1) is 5.56 Å². The van der Waals surface area contributed by atoms with Crippen molar-refractivity contribution in [1.29, 1.82) is 0 Å². The summed E-state index contributed by atoms with van der Waals surface area (Å²) in [6.07, 6.45) is 4.63. The minimum atomic E-state index is 0. The molecule has 0 radical (unpaired) electrons. The van der Waals surface area contributed by atoms with Gasteiger partial charge in [0.25, 0.3) is 5.91 Å². The molecule has 26 heavy (non-hydrogen) atoms. The lowest BCUT2D eigenvalue weighted by atomic mass is 9.99. The van der Waals surface area contributed by atoms with Gasteiger partial charge in [0, 0.05) is 36.1 Å². The first-order chi connectivity index (χ1) is 12.1. The number of piperidine rings is 1. The third-order valence-corrected chi connectivity index (χ3v) is 5.81. The summed E-state index contributed by atoms with van der Waals surface area (Å²) in [5, 5.41) is 6.92. The second kappa shape index (κ2) is 7.85. The van der Waals surface area contributed by atoms with E-state index in [2.05, 4.69) is 53.3 Å². The number of rotatable bonds is 4. The maximum absolute atomic E-state index is 12.8. The summed E-state index contributed by atoms with van der Waals surface area (Å²) in [7, 11) is 0. The monoisotopic (exact) mass is 373 g/mol. The van der Waals surface area contributed by atoms with Crippen molar-refractivity contribution in [1.82, 2.24) is 15.2 Å². The molecule has 2 saturated heterocycles. The largest absolute Gasteiger partial charge is 0.349 e. The van der Waals surface area contributed by atoms with Crippen molar-refractivity contribution < 1.29 is 4.79 Å². The SMILES string of the molecule is Cc1cc(C(=O)NC2CC3CCC(C2)N3)c(C)n1Cc1ccccc1.Cl. The Balaban J connectivity index is 0.00000196. The number of fused-ring (bicyclic) bond motifs is 2. The predicted molar refractivity (Wildman–Crippen MR) is 107 cm³/mol. The summed E-state index contributed by atoms with van der Waals surface area (Å²) in [6, 6.07) is 13.9. The highest BCUT2D eigenvalue weighted by Crippen LogP contribution is 2.27. The molecule has 0 saturated carbocycles. The Morgan fingerprint density at radius 1 is 1.15 bits per heavy atom. The molecule has 0 aliphatic carbocycles. The third kappa shape index (κ3) is 3.81. The summed E-state index contributed by atoms with van der Waals surface area (Å²) in [5.41, 5.74) is 4.26. The Hall–Kier alpha value is -1.78. The van der Waals surface area contributed by atoms with Gasteiger partial charge in [-0.25, -0.2) is 0 Å². The van der Waals surface area contributed by atoms with E-state index in [-0.39, 0.29) is 18.3 Å². The van der Waals surface area contributed by atoms with Crippen LogP contribution in [0.4, 0.5) is 0 Å². The molecular weight excluding hydrogens is 346 g/mol. The van der Waals surface area contributed by atoms with Gasteiger partial charge in [0.2, 0.25) is 0 Å². The van der Waals surface area contributed by atoms with Gasteiger partial charge in [0.1, 0.15) is 0 Å². The van der Waals surface area contributed by atoms with E-state index in [1.54, 1.807) is 0 Å². The van der Waals surface area contributed by atoms with Crippen molar-refractivity contribution in [2.75, 3.05) is 0 Å². The van der Waals surface area contributed by atoms with Gasteiger partial charge in [-0.05, 0) is 51.2 Å². The molecule has 140 valence electrons. The normalized spacial score (nSPS) is 24.2. The van der Waals surface area contributed by atoms with Crippen LogP contribution in [0, 0.1) is 13.8 Å². The summed E-state index contributed by atoms with van der Waals surface area (Å²) < 4.78 is 2.23. The lowest BCUT2D eigenvalue weighted by molar-refractivity contribution is 0.0923. The minimum absolute atomic E-state index is 0. The highest BCUT2D eigenvalue weighted by atomic mass is 35.5. The van der Waals surface area contributed by atoms with Crippen molar-refractivity contribution >= 4 is 18.3 Å². The Morgan fingerprint density at radius 3 is 2.46 bits per heavy atom. The van der Waals surface area contributed by atoms with E-state index >= 15 is 0 Å². The van der Waals surface area contributed by atoms with Crippen LogP contribution in [0.15, 0.2) is 36.4 Å². The zero-order chi connectivity index (χ0) is 17.4. The zero-order valence-corrected chi connectivity index (χ0v) is 16.3. The highest BCUT2D eigenvalue weighted by molar-refractivity contribution is 5.96. The molecule has 1 aromatic heterocycles. The Kier molecular flexibility index (Phi) is 5.73. The van der Waals surface area contributed by atoms with Crippen molar-refractivity contribution in [2.45, 2.75) is 64.2 Å². The van der Waals surface area contributed by atoms with Crippen LogP contribution < -0.4 is 10.6 Å². The smallest absolute Gasteiger partial charge is 0.253 e. The molecule has 5 heteroatoms. The number of carbonyl (C=O) groups is 1. The van der Waals surface area contributed by atoms with Crippen molar-refractivity contribution in [3.8, 4) is 0 Å². The lowest BCUT2D eigenvalue weighted by Gasteiger charge is -2.29. The van der Waals surface area contributed by atoms with Gasteiger partial charge in [-0.3, -0.25) is 4.79 Å². The summed E-state index contributed by atoms with van der Waals surface area (Å²) >= 11 is 0. The standard InChI is InChI=1S/C21H27N3O.ClH/c1-14-10-20(15(2)24(14)13-16-6-4-3-5-7-16)21(25)23-19-11-17-8-9-18(12-19)22-17;/h3-7,10,17-19,22H,8-9,11-13H2,1-2H3,(H,23,25);1H. The van der Waals surface area contributed by atoms with E-state index in [1.165, 1.54) is 18.4 Å². The number of halogens is 1. The second-order valence-electron chi connectivity index (χ2n) is 7.64. The molecule has 4 nitrogen and oxygen atoms in total. The molecule has 2 unspecified atom stereocenters. The van der Waals surface area contributed by atoms with Crippen LogP contribution in [-0.4, -0.2) is 28.6 Å². The Morgan fingerprint density at radius 2 is 1.81 bits per heavy atom. The van der Waals surface area contributed by atoms with Crippen LogP contribution in [0.5, 0.6) is 0 Å². The van der Waals surface area contributed by atoms with Crippen LogP contribution >= 0.6 is 12.4 Å². The predicted octanol–water partition coefficient (Wildman–Crippen LogP) is 3.59. The average Bonchev–Trinajstić information content (AvgIpc) is 3.09. The maximum atomic E-state index is 12.8. The molecule has 2 aliphatic rings. The fourth-order valence-corrected chi connectivity index (χ4v) is 4.48. The molecular formula is C21H28ClN3O. The molecule has 1 amide bonds. The quantitative estimate of drug-likeness (QED) is 0.860. The number of aromatic nitrogens is 1. The number of amides is 1. The Bertz CT molecular complexity index is 759. The van der Waals surface area contributed by atoms with E-state index in [0.29, 0.717) is 18.1 Å². The van der Waals surface area contributed by atoms with Gasteiger partial charge >= 0.3 is 0 Å². The van der Waals surface area contributed by atoms with E-state index in [1.807, 2.05) is 12.1 Å². The zero-order valence-electron chi connectivity index (χ0n) is 15.5. The van der Waals surface area contributed by atoms with E-state index in [4.69, 9.17) is 0 Å². The first-order valence-corrected chi connectivity index (χ1v) is 9.37. The summed E-state index contributed by atoms with van der Waals surface area (Å²) in [5.74, 6) is 0.0821. The minimum Gasteiger partial charge on any atom is -0.349 e. The number of carbonyl (C=O) groups excluding carboxylic acids is 1. The van der Waals surface area contributed by atoms with Gasteiger partial charge in [-0.2, -0.15) is 0 Å². The topological polar surface area (TPSA) is 46.1 Å². The molecule has 0 spiro atoms. The first kappa shape index (κ1) is 19.0. The molecule has 2 aliphatic heterocycles. The third-order valence-electron chi connectivity index (χ3n) is 5.81. The number of hydrogen-bond acceptors (Lipinski definition) is 2. The number of aryl methyl sites for hydroxylation is 1. The fraction of sp³-hybridized carbons (Fsp3) is 0.476. The van der Waals surface area contributed by atoms with Crippen LogP contribution in [0.1, 0.15) is 53.0 Å². The number of nitrogens with one attached hydrogen (secondary N) is 2. The van der Waals surface area contributed by atoms with Crippen LogP contribution in [0.25, 0.3) is 0 Å².